The summed E-state index contributed by atoms with van der Waals surface area (Å²) in [5.74, 6) is 0.224. The average Bonchev–Trinajstić information content (AvgIpc) is 2.27. The Morgan fingerprint density at radius 1 is 1.35 bits per heavy atom. The van der Waals surface area contributed by atoms with Crippen LogP contribution < -0.4 is 0 Å². The van der Waals surface area contributed by atoms with Gasteiger partial charge in [-0.3, -0.25) is 4.79 Å². The van der Waals surface area contributed by atoms with Gasteiger partial charge >= 0.3 is 0 Å². The second kappa shape index (κ2) is 4.88. The standard InChI is InChI=1S/C14H20N2O/c1-11-4-5-12-6-7-16(9-13(12)8-11)14(17)10-15(2)3/h4-5,8H,6-7,9-10H2,1-3H3. The molecular formula is C14H20N2O. The van der Waals surface area contributed by atoms with Crippen LogP contribution in [0.2, 0.25) is 0 Å². The number of hydrogen-bond donors (Lipinski definition) is 0. The number of amides is 1. The number of nitrogens with zero attached hydrogens (tertiary/aromatic N) is 2. The summed E-state index contributed by atoms with van der Waals surface area (Å²) < 4.78 is 0. The highest BCUT2D eigenvalue weighted by Crippen LogP contribution is 2.20. The Hall–Kier alpha value is -1.35. The number of likely N-dealkylation sites (N-methyl/N-ethyl adjacent to an activating group) is 1. The van der Waals surface area contributed by atoms with Gasteiger partial charge in [-0.1, -0.05) is 23.8 Å². The number of fused-ring (bicyclic) bond motifs is 1. The van der Waals surface area contributed by atoms with Crippen LogP contribution in [-0.2, 0) is 17.8 Å². The quantitative estimate of drug-likeness (QED) is 0.770. The molecular weight excluding hydrogens is 212 g/mol. The van der Waals surface area contributed by atoms with Crippen molar-refractivity contribution in [3.63, 3.8) is 0 Å². The van der Waals surface area contributed by atoms with Crippen molar-refractivity contribution in [1.29, 1.82) is 0 Å². The van der Waals surface area contributed by atoms with Crippen molar-refractivity contribution in [3.05, 3.63) is 34.9 Å². The monoisotopic (exact) mass is 232 g/mol. The highest BCUT2D eigenvalue weighted by atomic mass is 16.2. The van der Waals surface area contributed by atoms with Crippen molar-refractivity contribution in [3.8, 4) is 0 Å². The van der Waals surface area contributed by atoms with E-state index in [0.29, 0.717) is 6.54 Å². The Balaban J connectivity index is 2.10. The van der Waals surface area contributed by atoms with Crippen molar-refractivity contribution in [2.75, 3.05) is 27.2 Å². The minimum atomic E-state index is 0.224. The van der Waals surface area contributed by atoms with Gasteiger partial charge < -0.3 is 9.80 Å². The number of hydrogen-bond acceptors (Lipinski definition) is 2. The van der Waals surface area contributed by atoms with Gasteiger partial charge in [0.25, 0.3) is 0 Å². The molecule has 0 N–H and O–H groups in total. The van der Waals surface area contributed by atoms with E-state index in [1.807, 2.05) is 23.9 Å². The molecule has 92 valence electrons. The van der Waals surface area contributed by atoms with Crippen molar-refractivity contribution in [1.82, 2.24) is 9.80 Å². The Morgan fingerprint density at radius 2 is 2.12 bits per heavy atom. The molecule has 0 saturated heterocycles. The third-order valence-electron chi connectivity index (χ3n) is 3.18. The lowest BCUT2D eigenvalue weighted by atomic mass is 9.98. The van der Waals surface area contributed by atoms with Gasteiger partial charge in [0.2, 0.25) is 5.91 Å². The molecule has 0 spiro atoms. The first-order valence-electron chi connectivity index (χ1n) is 6.07. The Labute approximate surface area is 103 Å². The van der Waals surface area contributed by atoms with Gasteiger partial charge in [-0.2, -0.15) is 0 Å². The smallest absolute Gasteiger partial charge is 0.237 e. The Kier molecular flexibility index (Phi) is 3.48. The van der Waals surface area contributed by atoms with Crippen LogP contribution in [0, 0.1) is 6.92 Å². The summed E-state index contributed by atoms with van der Waals surface area (Å²) in [5, 5.41) is 0. The van der Waals surface area contributed by atoms with Crippen LogP contribution >= 0.6 is 0 Å². The van der Waals surface area contributed by atoms with E-state index in [0.717, 1.165) is 19.5 Å². The lowest BCUT2D eigenvalue weighted by Gasteiger charge is -2.30. The van der Waals surface area contributed by atoms with E-state index in [4.69, 9.17) is 0 Å². The van der Waals surface area contributed by atoms with Crippen LogP contribution in [0.25, 0.3) is 0 Å². The molecule has 0 bridgehead atoms. The normalized spacial score (nSPS) is 14.9. The first kappa shape index (κ1) is 12.1. The van der Waals surface area contributed by atoms with Gasteiger partial charge in [-0.15, -0.1) is 0 Å². The molecule has 1 heterocycles. The molecule has 0 fully saturated rings. The van der Waals surface area contributed by atoms with Gasteiger partial charge in [-0.05, 0) is 38.6 Å². The van der Waals surface area contributed by atoms with Crippen molar-refractivity contribution in [2.24, 2.45) is 0 Å². The Morgan fingerprint density at radius 3 is 2.82 bits per heavy atom. The summed E-state index contributed by atoms with van der Waals surface area (Å²) in [6.45, 7) is 4.22. The second-order valence-electron chi connectivity index (χ2n) is 5.08. The molecule has 3 heteroatoms. The lowest BCUT2D eigenvalue weighted by Crippen LogP contribution is -2.40. The van der Waals surface area contributed by atoms with Gasteiger partial charge in [-0.25, -0.2) is 0 Å². The Bertz CT molecular complexity index is 426. The predicted octanol–water partition coefficient (Wildman–Crippen LogP) is 1.44. The van der Waals surface area contributed by atoms with Gasteiger partial charge in [0, 0.05) is 13.1 Å². The minimum absolute atomic E-state index is 0.224. The lowest BCUT2D eigenvalue weighted by molar-refractivity contribution is -0.132. The van der Waals surface area contributed by atoms with Gasteiger partial charge in [0.15, 0.2) is 0 Å². The van der Waals surface area contributed by atoms with E-state index in [2.05, 4.69) is 25.1 Å². The maximum absolute atomic E-state index is 12.0. The first-order chi connectivity index (χ1) is 8.06. The molecule has 1 aliphatic rings. The van der Waals surface area contributed by atoms with E-state index < -0.39 is 0 Å². The predicted molar refractivity (Wildman–Crippen MR) is 68.9 cm³/mol. The zero-order valence-corrected chi connectivity index (χ0v) is 10.9. The van der Waals surface area contributed by atoms with Crippen molar-refractivity contribution >= 4 is 5.91 Å². The van der Waals surface area contributed by atoms with Crippen LogP contribution in [0.15, 0.2) is 18.2 Å². The molecule has 0 atom stereocenters. The highest BCUT2D eigenvalue weighted by molar-refractivity contribution is 5.78. The molecule has 0 aliphatic carbocycles. The molecule has 17 heavy (non-hydrogen) atoms. The number of benzene rings is 1. The third-order valence-corrected chi connectivity index (χ3v) is 3.18. The maximum atomic E-state index is 12.0. The van der Waals surface area contributed by atoms with Crippen molar-refractivity contribution in [2.45, 2.75) is 19.9 Å². The molecule has 0 saturated carbocycles. The molecule has 1 amide bonds. The molecule has 0 aromatic heterocycles. The SMILES string of the molecule is Cc1ccc2c(c1)CN(C(=O)CN(C)C)CC2. The van der Waals surface area contributed by atoms with E-state index in [9.17, 15) is 4.79 Å². The van der Waals surface area contributed by atoms with Gasteiger partial charge in [0.05, 0.1) is 6.54 Å². The van der Waals surface area contributed by atoms with Crippen LogP contribution in [0.1, 0.15) is 16.7 Å². The fraction of sp³-hybridized carbons (Fsp3) is 0.500. The van der Waals surface area contributed by atoms with Crippen LogP contribution in [0.3, 0.4) is 0 Å². The summed E-state index contributed by atoms with van der Waals surface area (Å²) >= 11 is 0. The zero-order chi connectivity index (χ0) is 12.4. The molecule has 1 aliphatic heterocycles. The largest absolute Gasteiger partial charge is 0.337 e. The summed E-state index contributed by atoms with van der Waals surface area (Å²) in [6, 6.07) is 6.54. The summed E-state index contributed by atoms with van der Waals surface area (Å²) in [6.07, 6.45) is 0.981. The summed E-state index contributed by atoms with van der Waals surface area (Å²) in [7, 11) is 3.86. The number of carbonyl (C=O) groups excluding carboxylic acids is 1. The molecule has 1 aromatic carbocycles. The summed E-state index contributed by atoms with van der Waals surface area (Å²) in [5.41, 5.74) is 3.97. The van der Waals surface area contributed by atoms with E-state index >= 15 is 0 Å². The van der Waals surface area contributed by atoms with E-state index in [-0.39, 0.29) is 5.91 Å². The van der Waals surface area contributed by atoms with Crippen LogP contribution in [0.4, 0.5) is 0 Å². The second-order valence-corrected chi connectivity index (χ2v) is 5.08. The summed E-state index contributed by atoms with van der Waals surface area (Å²) in [4.78, 5) is 15.9. The first-order valence-corrected chi connectivity index (χ1v) is 6.07. The van der Waals surface area contributed by atoms with E-state index in [1.165, 1.54) is 16.7 Å². The minimum Gasteiger partial charge on any atom is -0.337 e. The molecule has 3 nitrogen and oxygen atoms in total. The zero-order valence-electron chi connectivity index (χ0n) is 10.9. The van der Waals surface area contributed by atoms with Crippen molar-refractivity contribution < 1.29 is 4.79 Å². The van der Waals surface area contributed by atoms with E-state index in [1.54, 1.807) is 0 Å². The molecule has 2 rings (SSSR count). The maximum Gasteiger partial charge on any atom is 0.237 e. The molecule has 1 aromatic rings. The fourth-order valence-corrected chi connectivity index (χ4v) is 2.27. The number of aryl methyl sites for hydroxylation is 1. The fourth-order valence-electron chi connectivity index (χ4n) is 2.27. The highest BCUT2D eigenvalue weighted by Gasteiger charge is 2.20. The van der Waals surface area contributed by atoms with Crippen LogP contribution in [0.5, 0.6) is 0 Å². The topological polar surface area (TPSA) is 23.6 Å². The van der Waals surface area contributed by atoms with Crippen LogP contribution in [-0.4, -0.2) is 42.9 Å². The van der Waals surface area contributed by atoms with Gasteiger partial charge in [0.1, 0.15) is 0 Å². The number of rotatable bonds is 2. The number of carbonyl (C=O) groups is 1. The molecule has 0 unspecified atom stereocenters. The average molecular weight is 232 g/mol. The molecule has 0 radical (unpaired) electrons. The third kappa shape index (κ3) is 2.86.